The molecule has 0 bridgehead atoms. The Bertz CT molecular complexity index is 442. The molecule has 0 saturated carbocycles. The standard InChI is InChI=1S/C13H15ClN2O/c1-9-11(4-5-17-9)8-16-12-3-2-10(7-15)13(14)6-12/h2-3,6,9,11,16H,4-5,8H2,1H3. The molecule has 1 heterocycles. The molecule has 1 aromatic rings. The molecule has 2 rings (SSSR count). The Morgan fingerprint density at radius 2 is 2.41 bits per heavy atom. The van der Waals surface area contributed by atoms with E-state index in [4.69, 9.17) is 21.6 Å². The molecule has 0 radical (unpaired) electrons. The molecular weight excluding hydrogens is 236 g/mol. The summed E-state index contributed by atoms with van der Waals surface area (Å²) in [5, 5.41) is 12.6. The number of hydrogen-bond donors (Lipinski definition) is 1. The lowest BCUT2D eigenvalue weighted by Crippen LogP contribution is -2.20. The van der Waals surface area contributed by atoms with Crippen molar-refractivity contribution >= 4 is 17.3 Å². The Balaban J connectivity index is 1.95. The number of nitrogens with zero attached hydrogens (tertiary/aromatic N) is 1. The number of rotatable bonds is 3. The van der Waals surface area contributed by atoms with Crippen molar-refractivity contribution in [2.45, 2.75) is 19.4 Å². The Hall–Kier alpha value is -1.24. The summed E-state index contributed by atoms with van der Waals surface area (Å²) < 4.78 is 5.50. The van der Waals surface area contributed by atoms with Gasteiger partial charge in [-0.15, -0.1) is 0 Å². The molecule has 1 aliphatic rings. The quantitative estimate of drug-likeness (QED) is 0.897. The first-order chi connectivity index (χ1) is 8.20. The lowest BCUT2D eigenvalue weighted by atomic mass is 10.0. The molecule has 0 amide bonds. The van der Waals surface area contributed by atoms with Crippen LogP contribution in [0.4, 0.5) is 5.69 Å². The molecule has 3 nitrogen and oxygen atoms in total. The third kappa shape index (κ3) is 2.91. The molecule has 1 saturated heterocycles. The summed E-state index contributed by atoms with van der Waals surface area (Å²) in [4.78, 5) is 0. The minimum Gasteiger partial charge on any atom is -0.385 e. The van der Waals surface area contributed by atoms with Gasteiger partial charge in [0, 0.05) is 24.8 Å². The molecule has 1 aliphatic heterocycles. The van der Waals surface area contributed by atoms with Crippen LogP contribution in [-0.4, -0.2) is 19.3 Å². The molecule has 1 fully saturated rings. The van der Waals surface area contributed by atoms with E-state index in [0.717, 1.165) is 25.3 Å². The van der Waals surface area contributed by atoms with Gasteiger partial charge < -0.3 is 10.1 Å². The Morgan fingerprint density at radius 1 is 1.59 bits per heavy atom. The second-order valence-electron chi connectivity index (χ2n) is 4.31. The van der Waals surface area contributed by atoms with Gasteiger partial charge in [-0.25, -0.2) is 0 Å². The van der Waals surface area contributed by atoms with E-state index in [1.165, 1.54) is 0 Å². The molecule has 0 spiro atoms. The summed E-state index contributed by atoms with van der Waals surface area (Å²) in [6.07, 6.45) is 1.41. The summed E-state index contributed by atoms with van der Waals surface area (Å²) >= 11 is 5.97. The van der Waals surface area contributed by atoms with E-state index in [9.17, 15) is 0 Å². The van der Waals surface area contributed by atoms with Crippen molar-refractivity contribution in [3.8, 4) is 6.07 Å². The zero-order valence-corrected chi connectivity index (χ0v) is 10.5. The number of hydrogen-bond acceptors (Lipinski definition) is 3. The zero-order valence-electron chi connectivity index (χ0n) is 9.74. The molecule has 17 heavy (non-hydrogen) atoms. The topological polar surface area (TPSA) is 45.0 Å². The third-order valence-electron chi connectivity index (χ3n) is 3.19. The van der Waals surface area contributed by atoms with Gasteiger partial charge in [0.15, 0.2) is 0 Å². The number of ether oxygens (including phenoxy) is 1. The summed E-state index contributed by atoms with van der Waals surface area (Å²) in [5.41, 5.74) is 1.46. The highest BCUT2D eigenvalue weighted by molar-refractivity contribution is 6.32. The average Bonchev–Trinajstić information content (AvgIpc) is 2.72. The van der Waals surface area contributed by atoms with Crippen molar-refractivity contribution in [2.75, 3.05) is 18.5 Å². The van der Waals surface area contributed by atoms with E-state index in [0.29, 0.717) is 22.6 Å². The number of benzene rings is 1. The van der Waals surface area contributed by atoms with Crippen LogP contribution in [0.3, 0.4) is 0 Å². The van der Waals surface area contributed by atoms with Gasteiger partial charge in [0.05, 0.1) is 16.7 Å². The van der Waals surface area contributed by atoms with Gasteiger partial charge >= 0.3 is 0 Å². The van der Waals surface area contributed by atoms with Crippen molar-refractivity contribution in [2.24, 2.45) is 5.92 Å². The summed E-state index contributed by atoms with van der Waals surface area (Å²) in [5.74, 6) is 0.546. The fourth-order valence-electron chi connectivity index (χ4n) is 2.01. The minimum atomic E-state index is 0.316. The van der Waals surface area contributed by atoms with Gasteiger partial charge in [-0.1, -0.05) is 11.6 Å². The van der Waals surface area contributed by atoms with Crippen LogP contribution in [0.2, 0.25) is 5.02 Å². The summed E-state index contributed by atoms with van der Waals surface area (Å²) in [7, 11) is 0. The lowest BCUT2D eigenvalue weighted by molar-refractivity contribution is 0.108. The molecule has 90 valence electrons. The molecule has 2 unspecified atom stereocenters. The molecule has 0 aliphatic carbocycles. The highest BCUT2D eigenvalue weighted by atomic mass is 35.5. The fraction of sp³-hybridized carbons (Fsp3) is 0.462. The van der Waals surface area contributed by atoms with Crippen molar-refractivity contribution in [1.29, 1.82) is 5.26 Å². The molecule has 4 heteroatoms. The highest BCUT2D eigenvalue weighted by Gasteiger charge is 2.23. The van der Waals surface area contributed by atoms with Crippen molar-refractivity contribution in [3.05, 3.63) is 28.8 Å². The first-order valence-electron chi connectivity index (χ1n) is 5.76. The number of nitriles is 1. The highest BCUT2D eigenvalue weighted by Crippen LogP contribution is 2.23. The Kier molecular flexibility index (Phi) is 3.88. The Labute approximate surface area is 106 Å². The second kappa shape index (κ2) is 5.39. The average molecular weight is 251 g/mol. The van der Waals surface area contributed by atoms with Gasteiger partial charge in [0.25, 0.3) is 0 Å². The van der Waals surface area contributed by atoms with Crippen LogP contribution in [-0.2, 0) is 4.74 Å². The maximum absolute atomic E-state index is 8.78. The van der Waals surface area contributed by atoms with Crippen LogP contribution in [0.15, 0.2) is 18.2 Å². The molecule has 0 aromatic heterocycles. The van der Waals surface area contributed by atoms with Crippen molar-refractivity contribution in [3.63, 3.8) is 0 Å². The molecule has 1 aromatic carbocycles. The van der Waals surface area contributed by atoms with E-state index < -0.39 is 0 Å². The lowest BCUT2D eigenvalue weighted by Gasteiger charge is -2.15. The smallest absolute Gasteiger partial charge is 0.101 e. The molecular formula is C13H15ClN2O. The van der Waals surface area contributed by atoms with Crippen LogP contribution < -0.4 is 5.32 Å². The number of halogens is 1. The minimum absolute atomic E-state index is 0.316. The third-order valence-corrected chi connectivity index (χ3v) is 3.50. The second-order valence-corrected chi connectivity index (χ2v) is 4.72. The van der Waals surface area contributed by atoms with Gasteiger partial charge in [-0.2, -0.15) is 5.26 Å². The summed E-state index contributed by atoms with van der Waals surface area (Å²) in [6, 6.07) is 7.45. The Morgan fingerprint density at radius 3 is 3.00 bits per heavy atom. The van der Waals surface area contributed by atoms with E-state index in [-0.39, 0.29) is 0 Å². The van der Waals surface area contributed by atoms with Crippen molar-refractivity contribution < 1.29 is 4.74 Å². The van der Waals surface area contributed by atoms with Gasteiger partial charge in [0.2, 0.25) is 0 Å². The van der Waals surface area contributed by atoms with E-state index in [1.807, 2.05) is 12.1 Å². The number of anilines is 1. The van der Waals surface area contributed by atoms with Crippen LogP contribution in [0.1, 0.15) is 18.9 Å². The zero-order chi connectivity index (χ0) is 12.3. The predicted molar refractivity (Wildman–Crippen MR) is 68.2 cm³/mol. The number of nitrogens with one attached hydrogen (secondary N) is 1. The van der Waals surface area contributed by atoms with Gasteiger partial charge in [-0.05, 0) is 31.5 Å². The first-order valence-corrected chi connectivity index (χ1v) is 6.13. The van der Waals surface area contributed by atoms with Crippen molar-refractivity contribution in [1.82, 2.24) is 0 Å². The maximum atomic E-state index is 8.78. The molecule has 2 atom stereocenters. The predicted octanol–water partition coefficient (Wildman–Crippen LogP) is 3.05. The van der Waals surface area contributed by atoms with Gasteiger partial charge in [-0.3, -0.25) is 0 Å². The molecule has 1 N–H and O–H groups in total. The van der Waals surface area contributed by atoms with Crippen LogP contribution in [0.25, 0.3) is 0 Å². The van der Waals surface area contributed by atoms with Crippen LogP contribution in [0, 0.1) is 17.2 Å². The largest absolute Gasteiger partial charge is 0.385 e. The van der Waals surface area contributed by atoms with E-state index in [2.05, 4.69) is 12.2 Å². The first kappa shape index (κ1) is 12.2. The normalized spacial score (nSPS) is 23.4. The van der Waals surface area contributed by atoms with Crippen LogP contribution in [0.5, 0.6) is 0 Å². The van der Waals surface area contributed by atoms with Crippen LogP contribution >= 0.6 is 11.6 Å². The van der Waals surface area contributed by atoms with E-state index in [1.54, 1.807) is 12.1 Å². The SMILES string of the molecule is CC1OCCC1CNc1ccc(C#N)c(Cl)c1. The summed E-state index contributed by atoms with van der Waals surface area (Å²) in [6.45, 7) is 3.83. The van der Waals surface area contributed by atoms with Gasteiger partial charge in [0.1, 0.15) is 6.07 Å². The van der Waals surface area contributed by atoms with E-state index >= 15 is 0 Å². The maximum Gasteiger partial charge on any atom is 0.101 e. The monoisotopic (exact) mass is 250 g/mol. The fourth-order valence-corrected chi connectivity index (χ4v) is 2.23.